The molecule has 0 amide bonds. The molecule has 0 saturated carbocycles. The van der Waals surface area contributed by atoms with Crippen LogP contribution in [0.25, 0.3) is 22.3 Å². The fraction of sp³-hybridized carbons (Fsp3) is 0.478. The Hall–Kier alpha value is -2.40. The number of rotatable bonds is 5. The smallest absolute Gasteiger partial charge is 0.183 e. The number of likely N-dealkylation sites (tertiary alicyclic amines) is 1. The van der Waals surface area contributed by atoms with Crippen molar-refractivity contribution < 1.29 is 0 Å². The van der Waals surface area contributed by atoms with Gasteiger partial charge in [-0.15, -0.1) is 0 Å². The molecular formula is C23H31N5. The number of pyridine rings is 1. The summed E-state index contributed by atoms with van der Waals surface area (Å²) in [7, 11) is 0. The number of H-pyrrole nitrogens is 1. The Balaban J connectivity index is 1.77. The summed E-state index contributed by atoms with van der Waals surface area (Å²) in [6.45, 7) is 11.3. The number of benzene rings is 1. The van der Waals surface area contributed by atoms with Gasteiger partial charge < -0.3 is 5.73 Å². The summed E-state index contributed by atoms with van der Waals surface area (Å²) in [5, 5.41) is 8.22. The van der Waals surface area contributed by atoms with Crippen LogP contribution in [0.5, 0.6) is 0 Å². The third-order valence-electron chi connectivity index (χ3n) is 6.34. The molecule has 1 aliphatic heterocycles. The largest absolute Gasteiger partial charge is 0.384 e. The van der Waals surface area contributed by atoms with E-state index in [2.05, 4.69) is 67.1 Å². The van der Waals surface area contributed by atoms with Crippen molar-refractivity contribution in [2.75, 3.05) is 18.8 Å². The maximum Gasteiger partial charge on any atom is 0.183 e. The minimum absolute atomic E-state index is 0.610. The lowest BCUT2D eigenvalue weighted by Crippen LogP contribution is -2.35. The number of nitrogen functional groups attached to an aromatic ring is 1. The Morgan fingerprint density at radius 3 is 2.79 bits per heavy atom. The van der Waals surface area contributed by atoms with Crippen molar-refractivity contribution in [3.05, 3.63) is 41.0 Å². The summed E-state index contributed by atoms with van der Waals surface area (Å²) in [5.74, 6) is 1.31. The van der Waals surface area contributed by atoms with Crippen LogP contribution in [0, 0.1) is 19.8 Å². The van der Waals surface area contributed by atoms with Gasteiger partial charge in [-0.3, -0.25) is 10.00 Å². The topological polar surface area (TPSA) is 70.8 Å². The van der Waals surface area contributed by atoms with Gasteiger partial charge in [-0.05, 0) is 62.3 Å². The molecule has 1 aromatic carbocycles. The molecule has 1 atom stereocenters. The van der Waals surface area contributed by atoms with Gasteiger partial charge in [0.25, 0.3) is 0 Å². The Labute approximate surface area is 167 Å². The lowest BCUT2D eigenvalue weighted by Gasteiger charge is -2.28. The fourth-order valence-corrected chi connectivity index (χ4v) is 4.81. The molecule has 3 N–H and O–H groups in total. The first-order valence-corrected chi connectivity index (χ1v) is 10.4. The monoisotopic (exact) mass is 377 g/mol. The van der Waals surface area contributed by atoms with Crippen molar-refractivity contribution in [3.8, 4) is 11.3 Å². The van der Waals surface area contributed by atoms with Crippen LogP contribution in [0.4, 0.5) is 5.82 Å². The minimum atomic E-state index is 0.610. The zero-order valence-electron chi connectivity index (χ0n) is 17.4. The van der Waals surface area contributed by atoms with Crippen LogP contribution in [0.2, 0.25) is 0 Å². The zero-order chi connectivity index (χ0) is 19.8. The molecule has 4 rings (SSSR count). The maximum atomic E-state index is 6.18. The molecule has 5 nitrogen and oxygen atoms in total. The van der Waals surface area contributed by atoms with Crippen LogP contribution in [-0.2, 0) is 6.42 Å². The molecule has 1 fully saturated rings. The van der Waals surface area contributed by atoms with Gasteiger partial charge in [-0.1, -0.05) is 38.1 Å². The number of fused-ring (bicyclic) bond motifs is 1. The van der Waals surface area contributed by atoms with Crippen LogP contribution < -0.4 is 5.73 Å². The highest BCUT2D eigenvalue weighted by molar-refractivity contribution is 5.92. The number of aromatic amines is 1. The first kappa shape index (κ1) is 18.9. The molecule has 28 heavy (non-hydrogen) atoms. The fourth-order valence-electron chi connectivity index (χ4n) is 4.81. The Kier molecular flexibility index (Phi) is 5.11. The van der Waals surface area contributed by atoms with Gasteiger partial charge in [0.2, 0.25) is 0 Å². The van der Waals surface area contributed by atoms with Crippen LogP contribution >= 0.6 is 0 Å². The molecule has 0 bridgehead atoms. The lowest BCUT2D eigenvalue weighted by atomic mass is 9.94. The molecule has 1 aliphatic rings. The Morgan fingerprint density at radius 1 is 1.25 bits per heavy atom. The number of aryl methyl sites for hydroxylation is 2. The van der Waals surface area contributed by atoms with E-state index in [-0.39, 0.29) is 0 Å². The molecule has 0 aliphatic carbocycles. The van der Waals surface area contributed by atoms with Crippen LogP contribution in [0.1, 0.15) is 43.4 Å². The average molecular weight is 378 g/mol. The number of nitrogens with two attached hydrogens (primary N) is 1. The van der Waals surface area contributed by atoms with E-state index in [4.69, 9.17) is 10.7 Å². The summed E-state index contributed by atoms with van der Waals surface area (Å²) in [6, 6.07) is 9.16. The number of anilines is 1. The highest BCUT2D eigenvalue weighted by Gasteiger charge is 2.27. The SMILES string of the molecule is Cc1ccccc1-c1nc2n[nH]c(N)c2c(C)c1CCN1CCCC1C(C)C. The van der Waals surface area contributed by atoms with E-state index < -0.39 is 0 Å². The van der Waals surface area contributed by atoms with Gasteiger partial charge >= 0.3 is 0 Å². The van der Waals surface area contributed by atoms with Gasteiger partial charge in [0.05, 0.1) is 11.1 Å². The van der Waals surface area contributed by atoms with E-state index in [0.29, 0.717) is 23.4 Å². The number of hydrogen-bond acceptors (Lipinski definition) is 4. The molecular weight excluding hydrogens is 346 g/mol. The van der Waals surface area contributed by atoms with E-state index in [1.165, 1.54) is 41.6 Å². The Bertz CT molecular complexity index is 988. The molecule has 0 spiro atoms. The molecule has 3 aromatic rings. The second kappa shape index (κ2) is 7.55. The first-order chi connectivity index (χ1) is 13.5. The number of hydrogen-bond donors (Lipinski definition) is 2. The van der Waals surface area contributed by atoms with E-state index in [1.54, 1.807) is 0 Å². The number of nitrogens with zero attached hydrogens (tertiary/aromatic N) is 3. The minimum Gasteiger partial charge on any atom is -0.384 e. The molecule has 2 aromatic heterocycles. The summed E-state index contributed by atoms with van der Waals surface area (Å²) in [4.78, 5) is 7.61. The van der Waals surface area contributed by atoms with Gasteiger partial charge in [0.15, 0.2) is 5.65 Å². The third kappa shape index (κ3) is 3.28. The third-order valence-corrected chi connectivity index (χ3v) is 6.34. The van der Waals surface area contributed by atoms with Gasteiger partial charge in [0, 0.05) is 18.2 Å². The summed E-state index contributed by atoms with van der Waals surface area (Å²) < 4.78 is 0. The van der Waals surface area contributed by atoms with Crippen LogP contribution in [0.3, 0.4) is 0 Å². The predicted octanol–water partition coefficient (Wildman–Crippen LogP) is 4.49. The predicted molar refractivity (Wildman–Crippen MR) is 116 cm³/mol. The molecule has 1 unspecified atom stereocenters. The van der Waals surface area contributed by atoms with Crippen molar-refractivity contribution in [2.45, 2.75) is 53.0 Å². The standard InChI is InChI=1S/C23H31N5/c1-14(2)19-10-7-12-28(19)13-11-18-16(4)20-22(24)26-27-23(20)25-21(18)17-9-6-5-8-15(17)3/h5-6,8-9,14,19H,7,10-13H2,1-4H3,(H3,24,25,26,27). The lowest BCUT2D eigenvalue weighted by molar-refractivity contribution is 0.209. The van der Waals surface area contributed by atoms with E-state index in [0.717, 1.165) is 24.0 Å². The van der Waals surface area contributed by atoms with Crippen molar-refractivity contribution in [1.82, 2.24) is 20.1 Å². The van der Waals surface area contributed by atoms with Crippen molar-refractivity contribution in [1.29, 1.82) is 0 Å². The molecule has 0 radical (unpaired) electrons. The number of nitrogens with one attached hydrogen (secondary N) is 1. The second-order valence-corrected chi connectivity index (χ2v) is 8.45. The normalized spacial score (nSPS) is 17.8. The van der Waals surface area contributed by atoms with Gasteiger partial charge in [-0.25, -0.2) is 4.98 Å². The van der Waals surface area contributed by atoms with E-state index >= 15 is 0 Å². The van der Waals surface area contributed by atoms with Crippen LogP contribution in [0.15, 0.2) is 24.3 Å². The second-order valence-electron chi connectivity index (χ2n) is 8.45. The van der Waals surface area contributed by atoms with E-state index in [9.17, 15) is 0 Å². The molecule has 1 saturated heterocycles. The molecule has 148 valence electrons. The first-order valence-electron chi connectivity index (χ1n) is 10.4. The maximum absolute atomic E-state index is 6.18. The zero-order valence-corrected chi connectivity index (χ0v) is 17.4. The number of aromatic nitrogens is 3. The van der Waals surface area contributed by atoms with E-state index in [1.807, 2.05) is 0 Å². The highest BCUT2D eigenvalue weighted by Crippen LogP contribution is 2.34. The highest BCUT2D eigenvalue weighted by atomic mass is 15.2. The Morgan fingerprint density at radius 2 is 2.04 bits per heavy atom. The quantitative estimate of drug-likeness (QED) is 0.687. The van der Waals surface area contributed by atoms with Gasteiger partial charge in [0.1, 0.15) is 5.82 Å². The molecule has 5 heteroatoms. The summed E-state index contributed by atoms with van der Waals surface area (Å²) >= 11 is 0. The van der Waals surface area contributed by atoms with Crippen molar-refractivity contribution in [2.24, 2.45) is 5.92 Å². The van der Waals surface area contributed by atoms with Crippen LogP contribution in [-0.4, -0.2) is 39.2 Å². The van der Waals surface area contributed by atoms with Crippen molar-refractivity contribution >= 4 is 16.9 Å². The molecule has 3 heterocycles. The van der Waals surface area contributed by atoms with Crippen molar-refractivity contribution in [3.63, 3.8) is 0 Å². The summed E-state index contributed by atoms with van der Waals surface area (Å²) in [6.07, 6.45) is 3.60. The summed E-state index contributed by atoms with van der Waals surface area (Å²) in [5.41, 5.74) is 12.9. The average Bonchev–Trinajstić information content (AvgIpc) is 3.28. The van der Waals surface area contributed by atoms with Gasteiger partial charge in [-0.2, -0.15) is 5.10 Å².